The van der Waals surface area contributed by atoms with Crippen LogP contribution in [0.15, 0.2) is 42.5 Å². The molecule has 20 heavy (non-hydrogen) atoms. The van der Waals surface area contributed by atoms with Gasteiger partial charge < -0.3 is 15.4 Å². The van der Waals surface area contributed by atoms with Crippen molar-refractivity contribution in [2.24, 2.45) is 0 Å². The lowest BCUT2D eigenvalue weighted by molar-refractivity contribution is 0.102. The summed E-state index contributed by atoms with van der Waals surface area (Å²) >= 11 is 0. The fourth-order valence-corrected chi connectivity index (χ4v) is 1.84. The molecule has 2 N–H and O–H groups in total. The number of amides is 1. The van der Waals surface area contributed by atoms with Gasteiger partial charge in [0.05, 0.1) is 12.7 Å². The maximum Gasteiger partial charge on any atom is 0.257 e. The standard InChI is InChI=1S/C15H15FN2O2/c1-17-13-6-4-3-5-11(13)15(19)18-10-7-8-12(16)14(9-10)20-2/h3-9,17H,1-2H3,(H,18,19). The van der Waals surface area contributed by atoms with Crippen LogP contribution in [0.1, 0.15) is 10.4 Å². The van der Waals surface area contributed by atoms with Gasteiger partial charge in [-0.3, -0.25) is 4.79 Å². The first-order chi connectivity index (χ1) is 9.65. The second-order valence-corrected chi connectivity index (χ2v) is 4.10. The Morgan fingerprint density at radius 3 is 2.65 bits per heavy atom. The fraction of sp³-hybridized carbons (Fsp3) is 0.133. The van der Waals surface area contributed by atoms with Gasteiger partial charge in [-0.15, -0.1) is 0 Å². The molecule has 1 amide bonds. The molecule has 0 radical (unpaired) electrons. The molecule has 2 aromatic rings. The van der Waals surface area contributed by atoms with Gasteiger partial charge in [0.15, 0.2) is 11.6 Å². The highest BCUT2D eigenvalue weighted by molar-refractivity contribution is 6.08. The Kier molecular flexibility index (Phi) is 4.20. The highest BCUT2D eigenvalue weighted by Gasteiger charge is 2.11. The maximum atomic E-state index is 13.3. The number of hydrogen-bond acceptors (Lipinski definition) is 3. The lowest BCUT2D eigenvalue weighted by atomic mass is 10.1. The number of para-hydroxylation sites is 1. The van der Waals surface area contributed by atoms with E-state index in [1.165, 1.54) is 25.3 Å². The number of rotatable bonds is 4. The number of carbonyl (C=O) groups excluding carboxylic acids is 1. The first-order valence-electron chi connectivity index (χ1n) is 6.07. The molecule has 2 rings (SSSR count). The van der Waals surface area contributed by atoms with Gasteiger partial charge in [-0.1, -0.05) is 12.1 Å². The Morgan fingerprint density at radius 1 is 1.20 bits per heavy atom. The largest absolute Gasteiger partial charge is 0.494 e. The first-order valence-corrected chi connectivity index (χ1v) is 6.07. The van der Waals surface area contributed by atoms with Crippen molar-refractivity contribution in [2.45, 2.75) is 0 Å². The number of nitrogens with one attached hydrogen (secondary N) is 2. The number of ether oxygens (including phenoxy) is 1. The molecule has 0 aliphatic heterocycles. The van der Waals surface area contributed by atoms with Crippen LogP contribution in [-0.2, 0) is 0 Å². The highest BCUT2D eigenvalue weighted by atomic mass is 19.1. The maximum absolute atomic E-state index is 13.3. The molecule has 0 unspecified atom stereocenters. The Labute approximate surface area is 116 Å². The molecule has 0 bridgehead atoms. The minimum absolute atomic E-state index is 0.0877. The van der Waals surface area contributed by atoms with Crippen molar-refractivity contribution >= 4 is 17.3 Å². The van der Waals surface area contributed by atoms with E-state index in [2.05, 4.69) is 10.6 Å². The molecular weight excluding hydrogens is 259 g/mol. The fourth-order valence-electron chi connectivity index (χ4n) is 1.84. The van der Waals surface area contributed by atoms with Gasteiger partial charge in [0.25, 0.3) is 5.91 Å². The summed E-state index contributed by atoms with van der Waals surface area (Å²) in [6.45, 7) is 0. The predicted octanol–water partition coefficient (Wildman–Crippen LogP) is 3.13. The zero-order valence-corrected chi connectivity index (χ0v) is 11.2. The molecule has 0 fully saturated rings. The van der Waals surface area contributed by atoms with Crippen LogP contribution in [-0.4, -0.2) is 20.1 Å². The van der Waals surface area contributed by atoms with Gasteiger partial charge in [-0.25, -0.2) is 4.39 Å². The van der Waals surface area contributed by atoms with E-state index < -0.39 is 5.82 Å². The molecule has 0 aliphatic carbocycles. The van der Waals surface area contributed by atoms with E-state index in [0.717, 1.165) is 5.69 Å². The molecule has 0 saturated carbocycles. The van der Waals surface area contributed by atoms with Crippen molar-refractivity contribution in [3.8, 4) is 5.75 Å². The Bertz CT molecular complexity index is 629. The lowest BCUT2D eigenvalue weighted by Crippen LogP contribution is -2.14. The molecule has 0 spiro atoms. The van der Waals surface area contributed by atoms with Crippen molar-refractivity contribution in [2.75, 3.05) is 24.8 Å². The summed E-state index contributed by atoms with van der Waals surface area (Å²) in [5, 5.41) is 5.66. The number of methoxy groups -OCH3 is 1. The third-order valence-electron chi connectivity index (χ3n) is 2.85. The number of hydrogen-bond donors (Lipinski definition) is 2. The van der Waals surface area contributed by atoms with E-state index in [0.29, 0.717) is 11.3 Å². The van der Waals surface area contributed by atoms with Crippen LogP contribution < -0.4 is 15.4 Å². The van der Waals surface area contributed by atoms with Crippen molar-refractivity contribution in [3.63, 3.8) is 0 Å². The summed E-state index contributed by atoms with van der Waals surface area (Å²) in [5.41, 5.74) is 1.71. The van der Waals surface area contributed by atoms with Gasteiger partial charge in [-0.05, 0) is 24.3 Å². The van der Waals surface area contributed by atoms with Gasteiger partial charge in [0, 0.05) is 24.5 Å². The molecule has 5 heteroatoms. The van der Waals surface area contributed by atoms with Crippen LogP contribution in [0.3, 0.4) is 0 Å². The average molecular weight is 274 g/mol. The van der Waals surface area contributed by atoms with Gasteiger partial charge in [-0.2, -0.15) is 0 Å². The SMILES string of the molecule is CNc1ccccc1C(=O)Nc1ccc(F)c(OC)c1. The summed E-state index contributed by atoms with van der Waals surface area (Å²) < 4.78 is 18.2. The minimum atomic E-state index is -0.471. The third-order valence-corrected chi connectivity index (χ3v) is 2.85. The average Bonchev–Trinajstić information content (AvgIpc) is 2.49. The quantitative estimate of drug-likeness (QED) is 0.900. The van der Waals surface area contributed by atoms with E-state index in [1.807, 2.05) is 6.07 Å². The first kappa shape index (κ1) is 13.9. The Morgan fingerprint density at radius 2 is 1.95 bits per heavy atom. The molecule has 0 aliphatic rings. The number of carbonyl (C=O) groups is 1. The zero-order chi connectivity index (χ0) is 14.5. The van der Waals surface area contributed by atoms with E-state index in [1.54, 1.807) is 25.2 Å². The molecular formula is C15H15FN2O2. The predicted molar refractivity (Wildman–Crippen MR) is 76.9 cm³/mol. The molecule has 0 saturated heterocycles. The van der Waals surface area contributed by atoms with Crippen molar-refractivity contribution < 1.29 is 13.9 Å². The summed E-state index contributed by atoms with van der Waals surface area (Å²) in [7, 11) is 3.12. The molecule has 104 valence electrons. The monoisotopic (exact) mass is 274 g/mol. The summed E-state index contributed by atoms with van der Waals surface area (Å²) in [4.78, 5) is 12.2. The normalized spacial score (nSPS) is 9.95. The van der Waals surface area contributed by atoms with Crippen LogP contribution in [0.4, 0.5) is 15.8 Å². The molecule has 2 aromatic carbocycles. The zero-order valence-electron chi connectivity index (χ0n) is 11.2. The van der Waals surface area contributed by atoms with Crippen LogP contribution in [0.2, 0.25) is 0 Å². The van der Waals surface area contributed by atoms with Gasteiger partial charge in [0.1, 0.15) is 0 Å². The van der Waals surface area contributed by atoms with E-state index >= 15 is 0 Å². The highest BCUT2D eigenvalue weighted by Crippen LogP contribution is 2.23. The second-order valence-electron chi connectivity index (χ2n) is 4.10. The van der Waals surface area contributed by atoms with Crippen molar-refractivity contribution in [3.05, 3.63) is 53.8 Å². The lowest BCUT2D eigenvalue weighted by Gasteiger charge is -2.10. The van der Waals surface area contributed by atoms with Crippen LogP contribution in [0, 0.1) is 5.82 Å². The number of halogens is 1. The van der Waals surface area contributed by atoms with E-state index in [-0.39, 0.29) is 11.7 Å². The topological polar surface area (TPSA) is 50.4 Å². The second kappa shape index (κ2) is 6.06. The third kappa shape index (κ3) is 2.88. The summed E-state index contributed by atoms with van der Waals surface area (Å²) in [6, 6.07) is 11.3. The van der Waals surface area contributed by atoms with Gasteiger partial charge >= 0.3 is 0 Å². The van der Waals surface area contributed by atoms with Crippen LogP contribution >= 0.6 is 0 Å². The molecule has 0 atom stereocenters. The van der Waals surface area contributed by atoms with Crippen molar-refractivity contribution in [1.82, 2.24) is 0 Å². The Hall–Kier alpha value is -2.56. The summed E-state index contributed by atoms with van der Waals surface area (Å²) in [6.07, 6.45) is 0. The minimum Gasteiger partial charge on any atom is -0.494 e. The van der Waals surface area contributed by atoms with Crippen LogP contribution in [0.5, 0.6) is 5.75 Å². The van der Waals surface area contributed by atoms with Gasteiger partial charge in [0.2, 0.25) is 0 Å². The molecule has 0 aromatic heterocycles. The number of benzene rings is 2. The summed E-state index contributed by atoms with van der Waals surface area (Å²) in [5.74, 6) is -0.658. The number of anilines is 2. The van der Waals surface area contributed by atoms with Crippen LogP contribution in [0.25, 0.3) is 0 Å². The smallest absolute Gasteiger partial charge is 0.257 e. The Balaban J connectivity index is 2.23. The molecule has 0 heterocycles. The molecule has 4 nitrogen and oxygen atoms in total. The van der Waals surface area contributed by atoms with Crippen molar-refractivity contribution in [1.29, 1.82) is 0 Å². The van der Waals surface area contributed by atoms with E-state index in [4.69, 9.17) is 4.74 Å². The van der Waals surface area contributed by atoms with E-state index in [9.17, 15) is 9.18 Å².